The molecule has 0 fully saturated rings. The molecule has 0 spiro atoms. The number of fused-ring (bicyclic) bond motifs is 1. The first kappa shape index (κ1) is 24.7. The molecule has 0 saturated carbocycles. The highest BCUT2D eigenvalue weighted by molar-refractivity contribution is 6.11. The molecule has 5 rings (SSSR count). The van der Waals surface area contributed by atoms with Crippen LogP contribution in [0.4, 0.5) is 11.4 Å². The summed E-state index contributed by atoms with van der Waals surface area (Å²) in [5.41, 5.74) is 3.05. The number of anilines is 2. The summed E-state index contributed by atoms with van der Waals surface area (Å²) in [4.78, 5) is 42.0. The van der Waals surface area contributed by atoms with Crippen LogP contribution in [-0.2, 0) is 10.3 Å². The molecule has 1 aliphatic heterocycles. The second-order valence-corrected chi connectivity index (χ2v) is 9.79. The van der Waals surface area contributed by atoms with Crippen molar-refractivity contribution in [2.75, 3.05) is 10.6 Å². The van der Waals surface area contributed by atoms with E-state index in [1.165, 1.54) is 12.4 Å². The number of allylic oxidation sites excluding steroid dienone is 3. The van der Waals surface area contributed by atoms with Gasteiger partial charge in [0.25, 0.3) is 17.7 Å². The first-order valence-electron chi connectivity index (χ1n) is 12.0. The SMILES string of the molecule is CC(C)(C)n1cc(NC(=O)c2ccncc2)c(C(=O)Nc2ccc(C3=C4C=CC=CC4C(=O)N=N3)cc2)n1. The summed E-state index contributed by atoms with van der Waals surface area (Å²) in [5, 5.41) is 18.0. The van der Waals surface area contributed by atoms with Crippen LogP contribution in [0.5, 0.6) is 0 Å². The summed E-state index contributed by atoms with van der Waals surface area (Å²) >= 11 is 0. The monoisotopic (exact) mass is 507 g/mol. The molecule has 1 aromatic carbocycles. The topological polar surface area (TPSA) is 131 Å². The van der Waals surface area contributed by atoms with Crippen molar-refractivity contribution < 1.29 is 14.4 Å². The molecule has 2 aliphatic rings. The Labute approximate surface area is 218 Å². The number of nitrogens with one attached hydrogen (secondary N) is 2. The van der Waals surface area contributed by atoms with Gasteiger partial charge in [0.15, 0.2) is 5.69 Å². The number of carbonyl (C=O) groups excluding carboxylic acids is 3. The highest BCUT2D eigenvalue weighted by atomic mass is 16.2. The fourth-order valence-corrected chi connectivity index (χ4v) is 4.00. The van der Waals surface area contributed by atoms with Crippen LogP contribution in [0.1, 0.15) is 47.2 Å². The van der Waals surface area contributed by atoms with Crippen molar-refractivity contribution in [1.82, 2.24) is 14.8 Å². The number of pyridine rings is 1. The van der Waals surface area contributed by atoms with Crippen LogP contribution in [0.15, 0.2) is 95.1 Å². The Morgan fingerprint density at radius 2 is 1.66 bits per heavy atom. The predicted molar refractivity (Wildman–Crippen MR) is 142 cm³/mol. The Kier molecular flexibility index (Phi) is 6.38. The lowest BCUT2D eigenvalue weighted by Gasteiger charge is -2.19. The average Bonchev–Trinajstić information content (AvgIpc) is 3.35. The quantitative estimate of drug-likeness (QED) is 0.503. The van der Waals surface area contributed by atoms with Gasteiger partial charge in [0.1, 0.15) is 0 Å². The molecule has 190 valence electrons. The van der Waals surface area contributed by atoms with E-state index in [1.54, 1.807) is 53.4 Å². The van der Waals surface area contributed by atoms with Crippen LogP contribution in [0.3, 0.4) is 0 Å². The van der Waals surface area contributed by atoms with Crippen molar-refractivity contribution in [3.63, 3.8) is 0 Å². The highest BCUT2D eigenvalue weighted by Crippen LogP contribution is 2.34. The van der Waals surface area contributed by atoms with Crippen LogP contribution >= 0.6 is 0 Å². The van der Waals surface area contributed by atoms with Crippen molar-refractivity contribution in [3.05, 3.63) is 102 Å². The van der Waals surface area contributed by atoms with E-state index in [0.29, 0.717) is 22.6 Å². The van der Waals surface area contributed by atoms with Gasteiger partial charge < -0.3 is 10.6 Å². The van der Waals surface area contributed by atoms with E-state index < -0.39 is 17.4 Å². The molecule has 1 aliphatic carbocycles. The van der Waals surface area contributed by atoms with Crippen molar-refractivity contribution >= 4 is 34.8 Å². The maximum Gasteiger partial charge on any atom is 0.278 e. The summed E-state index contributed by atoms with van der Waals surface area (Å²) in [6.07, 6.45) is 12.0. The first-order chi connectivity index (χ1) is 18.2. The zero-order valence-corrected chi connectivity index (χ0v) is 21.0. The third-order valence-corrected chi connectivity index (χ3v) is 6.04. The highest BCUT2D eigenvalue weighted by Gasteiger charge is 2.28. The Morgan fingerprint density at radius 1 is 0.921 bits per heavy atom. The molecule has 1 atom stereocenters. The summed E-state index contributed by atoms with van der Waals surface area (Å²) in [6, 6.07) is 10.3. The lowest BCUT2D eigenvalue weighted by molar-refractivity contribution is -0.119. The summed E-state index contributed by atoms with van der Waals surface area (Å²) in [7, 11) is 0. The molecular weight excluding hydrogens is 482 g/mol. The van der Waals surface area contributed by atoms with Crippen molar-refractivity contribution in [1.29, 1.82) is 0 Å². The number of aromatic nitrogens is 3. The first-order valence-corrected chi connectivity index (χ1v) is 12.0. The van der Waals surface area contributed by atoms with E-state index in [1.807, 2.05) is 39.0 Å². The van der Waals surface area contributed by atoms with E-state index in [-0.39, 0.29) is 17.5 Å². The van der Waals surface area contributed by atoms with E-state index in [2.05, 4.69) is 30.9 Å². The van der Waals surface area contributed by atoms with Gasteiger partial charge in [-0.3, -0.25) is 24.0 Å². The second-order valence-electron chi connectivity index (χ2n) is 9.79. The van der Waals surface area contributed by atoms with Crippen LogP contribution in [-0.4, -0.2) is 32.5 Å². The zero-order chi connectivity index (χ0) is 26.9. The number of rotatable bonds is 5. The lowest BCUT2D eigenvalue weighted by Crippen LogP contribution is -2.23. The minimum atomic E-state index is -0.476. The van der Waals surface area contributed by atoms with Gasteiger partial charge in [-0.05, 0) is 50.6 Å². The Hall–Kier alpha value is -4.99. The van der Waals surface area contributed by atoms with Gasteiger partial charge in [-0.25, -0.2) is 0 Å². The van der Waals surface area contributed by atoms with Gasteiger partial charge in [0.05, 0.1) is 22.8 Å². The summed E-state index contributed by atoms with van der Waals surface area (Å²) < 4.78 is 1.64. The van der Waals surface area contributed by atoms with Gasteiger partial charge in [0.2, 0.25) is 0 Å². The smallest absolute Gasteiger partial charge is 0.278 e. The maximum absolute atomic E-state index is 13.3. The third kappa shape index (κ3) is 4.96. The predicted octanol–water partition coefficient (Wildman–Crippen LogP) is 4.98. The number of hydrogen-bond acceptors (Lipinski definition) is 6. The van der Waals surface area contributed by atoms with Gasteiger partial charge >= 0.3 is 0 Å². The van der Waals surface area contributed by atoms with Crippen molar-refractivity contribution in [2.24, 2.45) is 16.1 Å². The molecule has 0 saturated heterocycles. The average molecular weight is 508 g/mol. The van der Waals surface area contributed by atoms with Crippen LogP contribution in [0, 0.1) is 5.92 Å². The number of benzene rings is 1. The molecule has 3 heterocycles. The Morgan fingerprint density at radius 3 is 2.37 bits per heavy atom. The number of hydrogen-bond donors (Lipinski definition) is 2. The molecule has 3 aromatic rings. The standard InChI is InChI=1S/C28H25N7O3/c1-28(2,3)35-16-22(31-25(36)18-12-14-29-15-13-18)24(34-35)27(38)30-19-10-8-17(9-11-19)23-20-6-4-5-7-21(20)26(37)33-32-23/h4-16,21H,1-3H3,(H,30,38)(H,31,36). The molecule has 38 heavy (non-hydrogen) atoms. The maximum atomic E-state index is 13.3. The van der Waals surface area contributed by atoms with Crippen LogP contribution < -0.4 is 10.6 Å². The molecule has 10 nitrogen and oxygen atoms in total. The molecule has 2 aromatic heterocycles. The molecule has 0 radical (unpaired) electrons. The number of carbonyl (C=O) groups is 3. The molecule has 2 N–H and O–H groups in total. The lowest BCUT2D eigenvalue weighted by atomic mass is 9.89. The fourth-order valence-electron chi connectivity index (χ4n) is 4.00. The minimum Gasteiger partial charge on any atom is -0.321 e. The van der Waals surface area contributed by atoms with Crippen molar-refractivity contribution in [3.8, 4) is 0 Å². The van der Waals surface area contributed by atoms with Gasteiger partial charge in [-0.15, -0.1) is 10.2 Å². The number of amides is 3. The van der Waals surface area contributed by atoms with Gasteiger partial charge in [-0.1, -0.05) is 36.4 Å². The normalized spacial score (nSPS) is 16.4. The van der Waals surface area contributed by atoms with E-state index in [9.17, 15) is 14.4 Å². The second kappa shape index (κ2) is 9.81. The molecule has 0 bridgehead atoms. The van der Waals surface area contributed by atoms with E-state index >= 15 is 0 Å². The minimum absolute atomic E-state index is 0.0814. The van der Waals surface area contributed by atoms with E-state index in [0.717, 1.165) is 11.1 Å². The molecular formula is C28H25N7O3. The summed E-state index contributed by atoms with van der Waals surface area (Å²) in [6.45, 7) is 5.84. The molecule has 3 amide bonds. The number of azo groups is 1. The molecule has 1 unspecified atom stereocenters. The van der Waals surface area contributed by atoms with Gasteiger partial charge in [0, 0.05) is 35.4 Å². The largest absolute Gasteiger partial charge is 0.321 e. The Balaban J connectivity index is 1.38. The fraction of sp³-hybridized carbons (Fsp3) is 0.179. The van der Waals surface area contributed by atoms with Crippen molar-refractivity contribution in [2.45, 2.75) is 26.3 Å². The zero-order valence-electron chi connectivity index (χ0n) is 21.0. The van der Waals surface area contributed by atoms with Crippen LogP contribution in [0.25, 0.3) is 5.70 Å². The van der Waals surface area contributed by atoms with Gasteiger partial charge in [-0.2, -0.15) is 5.10 Å². The van der Waals surface area contributed by atoms with E-state index in [4.69, 9.17) is 0 Å². The molecule has 10 heteroatoms. The number of nitrogens with zero attached hydrogens (tertiary/aromatic N) is 5. The van der Waals surface area contributed by atoms with Crippen LogP contribution in [0.2, 0.25) is 0 Å². The summed E-state index contributed by atoms with van der Waals surface area (Å²) in [5.74, 6) is -1.59. The third-order valence-electron chi connectivity index (χ3n) is 6.04. The Bertz CT molecular complexity index is 1540.